The van der Waals surface area contributed by atoms with Gasteiger partial charge in [0.05, 0.1) is 12.8 Å². The summed E-state index contributed by atoms with van der Waals surface area (Å²) in [4.78, 5) is 8.05. The zero-order valence-corrected chi connectivity index (χ0v) is 16.0. The van der Waals surface area contributed by atoms with Crippen molar-refractivity contribution in [2.45, 2.75) is 20.5 Å². The molecule has 0 saturated heterocycles. The molecule has 2 aromatic carbocycles. The second-order valence-corrected chi connectivity index (χ2v) is 6.39. The van der Waals surface area contributed by atoms with Gasteiger partial charge in [-0.25, -0.2) is 4.98 Å². The van der Waals surface area contributed by atoms with Gasteiger partial charge in [-0.15, -0.1) is 0 Å². The van der Waals surface area contributed by atoms with Crippen molar-refractivity contribution in [1.82, 2.24) is 9.97 Å². The van der Waals surface area contributed by atoms with Crippen molar-refractivity contribution < 1.29 is 9.47 Å². The third-order valence-corrected chi connectivity index (χ3v) is 4.35. The summed E-state index contributed by atoms with van der Waals surface area (Å²) in [7, 11) is 1.60. The van der Waals surface area contributed by atoms with Crippen LogP contribution in [0.1, 0.15) is 22.3 Å². The van der Waals surface area contributed by atoms with Crippen LogP contribution in [0, 0.1) is 25.2 Å². The van der Waals surface area contributed by atoms with E-state index in [1.54, 1.807) is 19.2 Å². The van der Waals surface area contributed by atoms with Gasteiger partial charge in [0.15, 0.2) is 0 Å². The third-order valence-electron chi connectivity index (χ3n) is 4.35. The summed E-state index contributed by atoms with van der Waals surface area (Å²) in [5.41, 5.74) is 15.8. The normalized spacial score (nSPS) is 10.4. The predicted octanol–water partition coefficient (Wildman–Crippen LogP) is 3.38. The summed E-state index contributed by atoms with van der Waals surface area (Å²) >= 11 is 0. The number of aryl methyl sites for hydroxylation is 2. The first kappa shape index (κ1) is 19.0. The van der Waals surface area contributed by atoms with Gasteiger partial charge in [-0.1, -0.05) is 12.1 Å². The lowest BCUT2D eigenvalue weighted by atomic mass is 10.0. The van der Waals surface area contributed by atoms with Crippen molar-refractivity contribution in [3.8, 4) is 28.8 Å². The summed E-state index contributed by atoms with van der Waals surface area (Å²) in [6.07, 6.45) is 0. The van der Waals surface area contributed by atoms with E-state index in [1.165, 1.54) is 0 Å². The highest BCUT2D eigenvalue weighted by Gasteiger charge is 2.15. The molecule has 7 nitrogen and oxygen atoms in total. The molecule has 0 aliphatic rings. The van der Waals surface area contributed by atoms with Gasteiger partial charge in [-0.05, 0) is 49.2 Å². The highest BCUT2D eigenvalue weighted by Crippen LogP contribution is 2.31. The zero-order valence-electron chi connectivity index (χ0n) is 16.0. The minimum atomic E-state index is 0.00973. The zero-order chi connectivity index (χ0) is 20.3. The molecule has 142 valence electrons. The van der Waals surface area contributed by atoms with E-state index < -0.39 is 0 Å². The number of hydrogen-bond donors (Lipinski definition) is 2. The standard InChI is InChI=1S/C21H21N5O2/c1-12-4-5-13(2)18(8-12)28-11-15-9-14(6-7-17(15)27-3)19-16(10-22)20(23)26-21(24)25-19/h4-9H,11H2,1-3H3,(H4,23,24,25,26). The van der Waals surface area contributed by atoms with E-state index in [1.807, 2.05) is 44.2 Å². The smallest absolute Gasteiger partial charge is 0.222 e. The first-order valence-electron chi connectivity index (χ1n) is 8.63. The molecule has 0 amide bonds. The lowest BCUT2D eigenvalue weighted by Crippen LogP contribution is -2.06. The second-order valence-electron chi connectivity index (χ2n) is 6.39. The van der Waals surface area contributed by atoms with Gasteiger partial charge in [0.1, 0.15) is 35.6 Å². The Labute approximate surface area is 163 Å². The molecule has 0 radical (unpaired) electrons. The van der Waals surface area contributed by atoms with Crippen molar-refractivity contribution in [2.24, 2.45) is 0 Å². The van der Waals surface area contributed by atoms with Crippen molar-refractivity contribution in [1.29, 1.82) is 5.26 Å². The maximum atomic E-state index is 9.43. The number of anilines is 2. The molecule has 3 aromatic rings. The molecule has 1 aromatic heterocycles. The fraction of sp³-hybridized carbons (Fsp3) is 0.190. The molecule has 28 heavy (non-hydrogen) atoms. The fourth-order valence-electron chi connectivity index (χ4n) is 2.87. The van der Waals surface area contributed by atoms with Gasteiger partial charge >= 0.3 is 0 Å². The minimum absolute atomic E-state index is 0.00973. The summed E-state index contributed by atoms with van der Waals surface area (Å²) in [5.74, 6) is 1.53. The van der Waals surface area contributed by atoms with Crippen LogP contribution in [-0.4, -0.2) is 17.1 Å². The van der Waals surface area contributed by atoms with E-state index in [-0.39, 0.29) is 17.3 Å². The molecule has 4 N–H and O–H groups in total. The molecule has 1 heterocycles. The molecule has 0 bridgehead atoms. The number of benzene rings is 2. The number of nitrogen functional groups attached to an aromatic ring is 2. The summed E-state index contributed by atoms with van der Waals surface area (Å²) < 4.78 is 11.5. The Balaban J connectivity index is 2.00. The van der Waals surface area contributed by atoms with Crippen LogP contribution in [0.2, 0.25) is 0 Å². The molecule has 0 saturated carbocycles. The molecular formula is C21H21N5O2. The molecule has 3 rings (SSSR count). The van der Waals surface area contributed by atoms with Crippen LogP contribution >= 0.6 is 0 Å². The van der Waals surface area contributed by atoms with Gasteiger partial charge in [0, 0.05) is 11.1 Å². The van der Waals surface area contributed by atoms with E-state index in [9.17, 15) is 5.26 Å². The van der Waals surface area contributed by atoms with Crippen LogP contribution in [0.3, 0.4) is 0 Å². The highest BCUT2D eigenvalue weighted by atomic mass is 16.5. The average Bonchev–Trinajstić information content (AvgIpc) is 2.68. The minimum Gasteiger partial charge on any atom is -0.496 e. The first-order valence-corrected chi connectivity index (χ1v) is 8.63. The molecule has 0 aliphatic carbocycles. The number of ether oxygens (including phenoxy) is 2. The van der Waals surface area contributed by atoms with Crippen molar-refractivity contribution >= 4 is 11.8 Å². The molecule has 7 heteroatoms. The quantitative estimate of drug-likeness (QED) is 0.701. The van der Waals surface area contributed by atoms with Gasteiger partial charge < -0.3 is 20.9 Å². The number of nitrogens with zero attached hydrogens (tertiary/aromatic N) is 3. The number of nitriles is 1. The summed E-state index contributed by atoms with van der Waals surface area (Å²) in [5, 5.41) is 9.43. The van der Waals surface area contributed by atoms with Crippen LogP contribution < -0.4 is 20.9 Å². The SMILES string of the molecule is COc1ccc(-c2nc(N)nc(N)c2C#N)cc1COc1cc(C)ccc1C. The Bertz CT molecular complexity index is 1070. The van der Waals surface area contributed by atoms with Crippen LogP contribution in [0.15, 0.2) is 36.4 Å². The van der Waals surface area contributed by atoms with Gasteiger partial charge in [-0.2, -0.15) is 10.2 Å². The number of hydrogen-bond acceptors (Lipinski definition) is 7. The number of aromatic nitrogens is 2. The van der Waals surface area contributed by atoms with Crippen LogP contribution in [0.25, 0.3) is 11.3 Å². The van der Waals surface area contributed by atoms with E-state index in [2.05, 4.69) is 9.97 Å². The molecule has 0 atom stereocenters. The van der Waals surface area contributed by atoms with Gasteiger partial charge in [0.25, 0.3) is 0 Å². The average molecular weight is 375 g/mol. The van der Waals surface area contributed by atoms with Crippen LogP contribution in [-0.2, 0) is 6.61 Å². The Morgan fingerprint density at radius 3 is 2.54 bits per heavy atom. The highest BCUT2D eigenvalue weighted by molar-refractivity contribution is 5.74. The molecule has 0 spiro atoms. The fourth-order valence-corrected chi connectivity index (χ4v) is 2.87. The first-order chi connectivity index (χ1) is 13.4. The van der Waals surface area contributed by atoms with Gasteiger partial charge in [0.2, 0.25) is 5.95 Å². The number of rotatable bonds is 5. The largest absolute Gasteiger partial charge is 0.496 e. The molecule has 0 aliphatic heterocycles. The predicted molar refractivity (Wildman–Crippen MR) is 108 cm³/mol. The maximum Gasteiger partial charge on any atom is 0.222 e. The number of nitrogens with two attached hydrogens (primary N) is 2. The Morgan fingerprint density at radius 2 is 1.82 bits per heavy atom. The van der Waals surface area contributed by atoms with Gasteiger partial charge in [-0.3, -0.25) is 0 Å². The summed E-state index contributed by atoms with van der Waals surface area (Å²) in [6, 6.07) is 13.5. The monoisotopic (exact) mass is 375 g/mol. The number of methoxy groups -OCH3 is 1. The molecule has 0 unspecified atom stereocenters. The van der Waals surface area contributed by atoms with E-state index in [0.29, 0.717) is 23.6 Å². The van der Waals surface area contributed by atoms with Crippen molar-refractivity contribution in [2.75, 3.05) is 18.6 Å². The Hall–Kier alpha value is -3.79. The maximum absolute atomic E-state index is 9.43. The van der Waals surface area contributed by atoms with E-state index in [4.69, 9.17) is 20.9 Å². The second kappa shape index (κ2) is 7.84. The van der Waals surface area contributed by atoms with E-state index >= 15 is 0 Å². The third kappa shape index (κ3) is 3.81. The molecular weight excluding hydrogens is 354 g/mol. The lowest BCUT2D eigenvalue weighted by molar-refractivity contribution is 0.294. The summed E-state index contributed by atoms with van der Waals surface area (Å²) in [6.45, 7) is 4.30. The Morgan fingerprint density at radius 1 is 1.04 bits per heavy atom. The lowest BCUT2D eigenvalue weighted by Gasteiger charge is -2.14. The Kier molecular flexibility index (Phi) is 5.32. The topological polar surface area (TPSA) is 120 Å². The van der Waals surface area contributed by atoms with Crippen molar-refractivity contribution in [3.63, 3.8) is 0 Å². The van der Waals surface area contributed by atoms with Crippen LogP contribution in [0.5, 0.6) is 11.5 Å². The van der Waals surface area contributed by atoms with Crippen LogP contribution in [0.4, 0.5) is 11.8 Å². The van der Waals surface area contributed by atoms with E-state index in [0.717, 1.165) is 22.4 Å². The van der Waals surface area contributed by atoms with Crippen molar-refractivity contribution in [3.05, 3.63) is 58.7 Å². The molecule has 0 fully saturated rings.